The standard InChI is InChI=1S/C12H19N3/c1-9(2)8-14-11(10-4-5-10)12-13-6-7-15(12)3/h6-7,10-11,14H,1,4-5,8H2,2-3H3. The summed E-state index contributed by atoms with van der Waals surface area (Å²) in [6, 6.07) is 0.404. The van der Waals surface area contributed by atoms with Crippen LogP contribution in [0.15, 0.2) is 24.5 Å². The van der Waals surface area contributed by atoms with Crippen molar-refractivity contribution in [2.75, 3.05) is 6.54 Å². The second-order valence-corrected chi connectivity index (χ2v) is 4.55. The summed E-state index contributed by atoms with van der Waals surface area (Å²) in [4.78, 5) is 4.43. The third kappa shape index (κ3) is 2.48. The Morgan fingerprint density at radius 2 is 2.47 bits per heavy atom. The molecule has 0 bridgehead atoms. The van der Waals surface area contributed by atoms with Crippen LogP contribution in [0.2, 0.25) is 0 Å². The highest BCUT2D eigenvalue weighted by atomic mass is 15.1. The number of imidazole rings is 1. The van der Waals surface area contributed by atoms with E-state index in [-0.39, 0.29) is 0 Å². The van der Waals surface area contributed by atoms with Crippen molar-refractivity contribution in [3.63, 3.8) is 0 Å². The van der Waals surface area contributed by atoms with Gasteiger partial charge in [0.15, 0.2) is 0 Å². The molecular formula is C12H19N3. The van der Waals surface area contributed by atoms with Crippen LogP contribution >= 0.6 is 0 Å². The number of aromatic nitrogens is 2. The molecule has 0 spiro atoms. The lowest BCUT2D eigenvalue weighted by Gasteiger charge is -2.18. The molecule has 82 valence electrons. The Labute approximate surface area is 91.2 Å². The van der Waals surface area contributed by atoms with Crippen LogP contribution < -0.4 is 5.32 Å². The number of hydrogen-bond acceptors (Lipinski definition) is 2. The van der Waals surface area contributed by atoms with Crippen molar-refractivity contribution in [2.45, 2.75) is 25.8 Å². The quantitative estimate of drug-likeness (QED) is 0.745. The molecule has 1 aromatic rings. The maximum Gasteiger partial charge on any atom is 0.125 e. The van der Waals surface area contributed by atoms with Gasteiger partial charge in [-0.2, -0.15) is 0 Å². The van der Waals surface area contributed by atoms with Gasteiger partial charge in [-0.05, 0) is 25.7 Å². The zero-order valence-electron chi connectivity index (χ0n) is 9.53. The van der Waals surface area contributed by atoms with E-state index in [4.69, 9.17) is 0 Å². The summed E-state index contributed by atoms with van der Waals surface area (Å²) in [5, 5.41) is 3.54. The highest BCUT2D eigenvalue weighted by Gasteiger charge is 2.34. The molecule has 1 unspecified atom stereocenters. The molecule has 2 rings (SSSR count). The van der Waals surface area contributed by atoms with Crippen molar-refractivity contribution in [3.8, 4) is 0 Å². The van der Waals surface area contributed by atoms with E-state index in [1.54, 1.807) is 0 Å². The summed E-state index contributed by atoms with van der Waals surface area (Å²) < 4.78 is 2.11. The van der Waals surface area contributed by atoms with E-state index in [9.17, 15) is 0 Å². The van der Waals surface area contributed by atoms with Crippen LogP contribution in [0.5, 0.6) is 0 Å². The van der Waals surface area contributed by atoms with E-state index >= 15 is 0 Å². The fraction of sp³-hybridized carbons (Fsp3) is 0.583. The average molecular weight is 205 g/mol. The van der Waals surface area contributed by atoms with Crippen molar-refractivity contribution < 1.29 is 0 Å². The summed E-state index contributed by atoms with van der Waals surface area (Å²) in [6.07, 6.45) is 6.52. The summed E-state index contributed by atoms with van der Waals surface area (Å²) in [5.41, 5.74) is 1.18. The minimum absolute atomic E-state index is 0.404. The van der Waals surface area contributed by atoms with Crippen LogP contribution in [0, 0.1) is 5.92 Å². The lowest BCUT2D eigenvalue weighted by atomic mass is 10.1. The number of aryl methyl sites for hydroxylation is 1. The molecule has 0 aromatic carbocycles. The van der Waals surface area contributed by atoms with Crippen molar-refractivity contribution in [3.05, 3.63) is 30.4 Å². The van der Waals surface area contributed by atoms with Gasteiger partial charge < -0.3 is 9.88 Å². The Morgan fingerprint density at radius 1 is 1.73 bits per heavy atom. The normalized spacial score (nSPS) is 17.7. The third-order valence-electron chi connectivity index (χ3n) is 2.85. The average Bonchev–Trinajstić information content (AvgIpc) is 2.92. The first-order chi connectivity index (χ1) is 7.18. The summed E-state index contributed by atoms with van der Waals surface area (Å²) in [5.74, 6) is 1.92. The second kappa shape index (κ2) is 4.19. The van der Waals surface area contributed by atoms with Gasteiger partial charge in [0.2, 0.25) is 0 Å². The molecule has 0 amide bonds. The molecule has 1 heterocycles. The number of hydrogen-bond donors (Lipinski definition) is 1. The molecule has 3 heteroatoms. The molecule has 1 saturated carbocycles. The topological polar surface area (TPSA) is 29.9 Å². The van der Waals surface area contributed by atoms with E-state index < -0.39 is 0 Å². The summed E-state index contributed by atoms with van der Waals surface area (Å²) in [7, 11) is 2.06. The maximum absolute atomic E-state index is 4.43. The number of nitrogens with zero attached hydrogens (tertiary/aromatic N) is 2. The molecule has 3 nitrogen and oxygen atoms in total. The predicted molar refractivity (Wildman–Crippen MR) is 61.5 cm³/mol. The van der Waals surface area contributed by atoms with Crippen LogP contribution in [-0.4, -0.2) is 16.1 Å². The predicted octanol–water partition coefficient (Wildman–Crippen LogP) is 2.04. The van der Waals surface area contributed by atoms with Crippen molar-refractivity contribution >= 4 is 0 Å². The monoisotopic (exact) mass is 205 g/mol. The van der Waals surface area contributed by atoms with Crippen molar-refractivity contribution in [1.82, 2.24) is 14.9 Å². The molecule has 0 radical (unpaired) electrons. The maximum atomic E-state index is 4.43. The van der Waals surface area contributed by atoms with E-state index in [0.29, 0.717) is 6.04 Å². The molecule has 1 fully saturated rings. The van der Waals surface area contributed by atoms with Gasteiger partial charge in [0.1, 0.15) is 5.82 Å². The molecule has 1 atom stereocenters. The van der Waals surface area contributed by atoms with Gasteiger partial charge in [0.05, 0.1) is 6.04 Å². The van der Waals surface area contributed by atoms with Crippen LogP contribution in [0.1, 0.15) is 31.6 Å². The van der Waals surface area contributed by atoms with E-state index in [0.717, 1.165) is 18.3 Å². The molecule has 1 aliphatic rings. The smallest absolute Gasteiger partial charge is 0.125 e. The highest BCUT2D eigenvalue weighted by Crippen LogP contribution is 2.40. The fourth-order valence-electron chi connectivity index (χ4n) is 1.86. The second-order valence-electron chi connectivity index (χ2n) is 4.55. The van der Waals surface area contributed by atoms with Gasteiger partial charge in [-0.15, -0.1) is 0 Å². The molecule has 0 saturated heterocycles. The molecule has 1 aromatic heterocycles. The minimum Gasteiger partial charge on any atom is -0.337 e. The van der Waals surface area contributed by atoms with Crippen LogP contribution in [0.3, 0.4) is 0 Å². The van der Waals surface area contributed by atoms with Crippen molar-refractivity contribution in [2.24, 2.45) is 13.0 Å². The Hall–Kier alpha value is -1.09. The number of nitrogens with one attached hydrogen (secondary N) is 1. The summed E-state index contributed by atoms with van der Waals surface area (Å²) >= 11 is 0. The zero-order chi connectivity index (χ0) is 10.8. The first-order valence-electron chi connectivity index (χ1n) is 5.53. The minimum atomic E-state index is 0.404. The Bertz CT molecular complexity index is 350. The summed E-state index contributed by atoms with van der Waals surface area (Å²) in [6.45, 7) is 6.85. The van der Waals surface area contributed by atoms with Gasteiger partial charge in [0.25, 0.3) is 0 Å². The van der Waals surface area contributed by atoms with Gasteiger partial charge in [-0.1, -0.05) is 12.2 Å². The molecule has 15 heavy (non-hydrogen) atoms. The van der Waals surface area contributed by atoms with Crippen LogP contribution in [0.25, 0.3) is 0 Å². The first-order valence-corrected chi connectivity index (χ1v) is 5.53. The Morgan fingerprint density at radius 3 is 2.93 bits per heavy atom. The van der Waals surface area contributed by atoms with E-state index in [1.807, 2.05) is 12.4 Å². The largest absolute Gasteiger partial charge is 0.337 e. The Balaban J connectivity index is 2.06. The molecule has 1 aliphatic carbocycles. The first kappa shape index (κ1) is 10.4. The molecular weight excluding hydrogens is 186 g/mol. The van der Waals surface area contributed by atoms with E-state index in [1.165, 1.54) is 18.4 Å². The van der Waals surface area contributed by atoms with Gasteiger partial charge in [-0.3, -0.25) is 0 Å². The molecule has 0 aliphatic heterocycles. The highest BCUT2D eigenvalue weighted by molar-refractivity contribution is 5.06. The van der Waals surface area contributed by atoms with E-state index in [2.05, 4.69) is 35.4 Å². The fourth-order valence-corrected chi connectivity index (χ4v) is 1.86. The van der Waals surface area contributed by atoms with Crippen LogP contribution in [0.4, 0.5) is 0 Å². The lowest BCUT2D eigenvalue weighted by molar-refractivity contribution is 0.464. The lowest BCUT2D eigenvalue weighted by Crippen LogP contribution is -2.27. The van der Waals surface area contributed by atoms with Crippen LogP contribution in [-0.2, 0) is 7.05 Å². The Kier molecular flexibility index (Phi) is 2.91. The third-order valence-corrected chi connectivity index (χ3v) is 2.85. The van der Waals surface area contributed by atoms with Gasteiger partial charge >= 0.3 is 0 Å². The van der Waals surface area contributed by atoms with Gasteiger partial charge in [-0.25, -0.2) is 4.98 Å². The van der Waals surface area contributed by atoms with Crippen molar-refractivity contribution in [1.29, 1.82) is 0 Å². The number of rotatable bonds is 5. The molecule has 1 N–H and O–H groups in total. The SMILES string of the molecule is C=C(C)CNC(c1nccn1C)C1CC1. The zero-order valence-corrected chi connectivity index (χ0v) is 9.53. The van der Waals surface area contributed by atoms with Gasteiger partial charge in [0, 0.05) is 26.0 Å².